The molecule has 2 aromatic rings. The predicted molar refractivity (Wildman–Crippen MR) is 167 cm³/mol. The van der Waals surface area contributed by atoms with Crippen LogP contribution < -0.4 is 17.0 Å². The number of sulfone groups is 1. The Morgan fingerprint density at radius 3 is 2.20 bits per heavy atom. The number of carbonyl (C=O) groups excluding carboxylic acids is 2. The standard InChI is InChI=1S/C19H22N2O6S.C12H15NO4/c1-12-7-9-19(18(24)25,16(21)15(12)17(22)23)28(26,27)10-8-14(11-20)13-5-3-2-4-6-13;1-12(2,3)17-11(16)9(14)7-8-5-4-6-13-10(8)15/h2-9,16H,10-11,20-21H2,1H3,(H,22,23)(H,24,25);4-6H,7H2,1-3H3,(H,13,15). The van der Waals surface area contributed by atoms with Gasteiger partial charge in [-0.15, -0.1) is 0 Å². The zero-order valence-electron chi connectivity index (χ0n) is 25.3. The van der Waals surface area contributed by atoms with E-state index in [1.165, 1.54) is 31.3 Å². The zero-order valence-corrected chi connectivity index (χ0v) is 26.1. The third-order valence-electron chi connectivity index (χ3n) is 6.65. The van der Waals surface area contributed by atoms with Crippen LogP contribution >= 0.6 is 0 Å². The van der Waals surface area contributed by atoms with E-state index >= 15 is 0 Å². The lowest BCUT2D eigenvalue weighted by Crippen LogP contribution is -2.61. The molecule has 0 saturated carbocycles. The molecular formula is C31H37N3O10S. The number of ketones is 1. The van der Waals surface area contributed by atoms with E-state index in [0.717, 1.165) is 6.08 Å². The maximum atomic E-state index is 13.1. The van der Waals surface area contributed by atoms with Crippen LogP contribution in [-0.4, -0.2) is 76.0 Å². The maximum Gasteiger partial charge on any atom is 0.375 e. The van der Waals surface area contributed by atoms with Crippen LogP contribution in [0.3, 0.4) is 0 Å². The van der Waals surface area contributed by atoms with Crippen molar-refractivity contribution < 1.29 is 42.5 Å². The third-order valence-corrected chi connectivity index (χ3v) is 8.85. The van der Waals surface area contributed by atoms with Crippen LogP contribution in [0.2, 0.25) is 0 Å². The summed E-state index contributed by atoms with van der Waals surface area (Å²) in [4.78, 5) is 60.2. The molecule has 2 atom stereocenters. The van der Waals surface area contributed by atoms with E-state index in [9.17, 15) is 42.6 Å². The second-order valence-electron chi connectivity index (χ2n) is 11.0. The Kier molecular flexibility index (Phi) is 12.1. The van der Waals surface area contributed by atoms with Crippen molar-refractivity contribution in [1.82, 2.24) is 4.98 Å². The molecule has 3 rings (SSSR count). The van der Waals surface area contributed by atoms with Gasteiger partial charge in [0.15, 0.2) is 9.84 Å². The lowest BCUT2D eigenvalue weighted by Gasteiger charge is -2.35. The third kappa shape index (κ3) is 8.94. The molecule has 1 aromatic heterocycles. The first-order valence-corrected chi connectivity index (χ1v) is 15.2. The highest BCUT2D eigenvalue weighted by atomic mass is 32.2. The summed E-state index contributed by atoms with van der Waals surface area (Å²) in [5.41, 5.74) is 11.7. The van der Waals surface area contributed by atoms with Gasteiger partial charge >= 0.3 is 17.9 Å². The highest BCUT2D eigenvalue weighted by Gasteiger charge is 2.57. The number of aromatic nitrogens is 1. The highest BCUT2D eigenvalue weighted by molar-refractivity contribution is 7.94. The number of benzene rings is 1. The minimum Gasteiger partial charge on any atom is -0.480 e. The molecular weight excluding hydrogens is 606 g/mol. The minimum absolute atomic E-state index is 0.0425. The number of carbonyl (C=O) groups is 4. The van der Waals surface area contributed by atoms with Crippen LogP contribution in [0.15, 0.2) is 82.8 Å². The van der Waals surface area contributed by atoms with Crippen molar-refractivity contribution in [3.63, 3.8) is 0 Å². The second kappa shape index (κ2) is 14.9. The summed E-state index contributed by atoms with van der Waals surface area (Å²) in [6.45, 7) is 6.50. The molecule has 7 N–H and O–H groups in total. The number of hydrogen-bond donors (Lipinski definition) is 5. The summed E-state index contributed by atoms with van der Waals surface area (Å²) in [5, 5.41) is 19.1. The Labute approximate surface area is 260 Å². The van der Waals surface area contributed by atoms with E-state index in [0.29, 0.717) is 11.1 Å². The van der Waals surface area contributed by atoms with Crippen LogP contribution in [0.5, 0.6) is 0 Å². The largest absolute Gasteiger partial charge is 0.480 e. The molecule has 13 nitrogen and oxygen atoms in total. The number of H-pyrrole nitrogens is 1. The fraction of sp³-hybridized carbons (Fsp3) is 0.323. The van der Waals surface area contributed by atoms with Crippen LogP contribution in [0.4, 0.5) is 0 Å². The first-order valence-electron chi connectivity index (χ1n) is 13.6. The van der Waals surface area contributed by atoms with Crippen molar-refractivity contribution in [3.05, 3.63) is 99.5 Å². The molecule has 1 aliphatic carbocycles. The van der Waals surface area contributed by atoms with Crippen LogP contribution in [0, 0.1) is 0 Å². The quantitative estimate of drug-likeness (QED) is 0.182. The Morgan fingerprint density at radius 2 is 1.69 bits per heavy atom. The van der Waals surface area contributed by atoms with E-state index in [1.807, 2.05) is 0 Å². The number of nitrogens with two attached hydrogens (primary N) is 2. The average Bonchev–Trinajstić information content (AvgIpc) is 2.94. The van der Waals surface area contributed by atoms with Crippen LogP contribution in [-0.2, 0) is 40.2 Å². The van der Waals surface area contributed by atoms with Crippen molar-refractivity contribution in [1.29, 1.82) is 0 Å². The van der Waals surface area contributed by atoms with Gasteiger partial charge in [-0.25, -0.2) is 18.0 Å². The second-order valence-corrected chi connectivity index (χ2v) is 13.3. The van der Waals surface area contributed by atoms with Gasteiger partial charge in [0.1, 0.15) is 5.60 Å². The lowest BCUT2D eigenvalue weighted by atomic mass is 9.85. The van der Waals surface area contributed by atoms with Crippen molar-refractivity contribution in [2.24, 2.45) is 11.5 Å². The molecule has 1 heterocycles. The molecule has 0 aliphatic heterocycles. The molecule has 0 saturated heterocycles. The number of nitrogens with one attached hydrogen (secondary N) is 1. The molecule has 0 bridgehead atoms. The number of Topliss-reactive ketones (excluding diaryl/α,β-unsaturated/α-hetero) is 1. The predicted octanol–water partition coefficient (Wildman–Crippen LogP) is 1.39. The van der Waals surface area contributed by atoms with Gasteiger partial charge in [0, 0.05) is 24.7 Å². The monoisotopic (exact) mass is 643 g/mol. The number of allylic oxidation sites excluding steroid dienone is 2. The van der Waals surface area contributed by atoms with Crippen LogP contribution in [0.1, 0.15) is 38.8 Å². The van der Waals surface area contributed by atoms with E-state index < -0.39 is 61.2 Å². The first kappa shape index (κ1) is 36.5. The Balaban J connectivity index is 0.000000355. The summed E-state index contributed by atoms with van der Waals surface area (Å²) in [6.07, 6.45) is 4.68. The molecule has 1 aliphatic rings. The van der Waals surface area contributed by atoms with E-state index in [1.54, 1.807) is 57.2 Å². The van der Waals surface area contributed by atoms with Gasteiger partial charge in [0.05, 0.1) is 17.4 Å². The molecule has 0 amide bonds. The topological polar surface area (TPSA) is 237 Å². The van der Waals surface area contributed by atoms with E-state index in [4.69, 9.17) is 16.2 Å². The summed E-state index contributed by atoms with van der Waals surface area (Å²) in [5.74, 6) is -5.50. The molecule has 242 valence electrons. The molecule has 45 heavy (non-hydrogen) atoms. The minimum atomic E-state index is -4.44. The van der Waals surface area contributed by atoms with Gasteiger partial charge in [0.2, 0.25) is 10.5 Å². The Hall–Kier alpha value is -4.66. The molecule has 0 spiro atoms. The lowest BCUT2D eigenvalue weighted by molar-refractivity contribution is -0.162. The van der Waals surface area contributed by atoms with Gasteiger partial charge in [-0.2, -0.15) is 0 Å². The molecule has 0 fully saturated rings. The Bertz CT molecular complexity index is 1700. The zero-order chi connectivity index (χ0) is 34.2. The van der Waals surface area contributed by atoms with Gasteiger partial charge in [-0.05, 0) is 50.5 Å². The summed E-state index contributed by atoms with van der Waals surface area (Å²) < 4.78 is 28.5. The number of hydrogen-bond acceptors (Lipinski definition) is 10. The molecule has 1 aromatic carbocycles. The molecule has 0 radical (unpaired) electrons. The van der Waals surface area contributed by atoms with Gasteiger partial charge < -0.3 is 31.4 Å². The first-order chi connectivity index (χ1) is 20.9. The number of carboxylic acids is 2. The number of esters is 1. The van der Waals surface area contributed by atoms with Crippen molar-refractivity contribution in [2.75, 3.05) is 12.3 Å². The number of aromatic amines is 1. The van der Waals surface area contributed by atoms with Crippen molar-refractivity contribution in [3.8, 4) is 0 Å². The summed E-state index contributed by atoms with van der Waals surface area (Å²) in [7, 11) is -4.44. The van der Waals surface area contributed by atoms with Crippen molar-refractivity contribution in [2.45, 2.75) is 50.5 Å². The summed E-state index contributed by atoms with van der Waals surface area (Å²) >= 11 is 0. The number of aliphatic carboxylic acids is 2. The van der Waals surface area contributed by atoms with Gasteiger partial charge in [-0.3, -0.25) is 14.4 Å². The highest BCUT2D eigenvalue weighted by Crippen LogP contribution is 2.34. The van der Waals surface area contributed by atoms with Crippen LogP contribution in [0.25, 0.3) is 5.57 Å². The summed E-state index contributed by atoms with van der Waals surface area (Å²) in [6, 6.07) is 10.2. The fourth-order valence-corrected chi connectivity index (χ4v) is 6.08. The molecule has 2 unspecified atom stereocenters. The Morgan fingerprint density at radius 1 is 1.07 bits per heavy atom. The smallest absolute Gasteiger partial charge is 0.375 e. The van der Waals surface area contributed by atoms with E-state index in [2.05, 4.69) is 4.98 Å². The average molecular weight is 644 g/mol. The number of ether oxygens (including phenoxy) is 1. The normalized spacial score (nSPS) is 18.4. The van der Waals surface area contributed by atoms with Crippen molar-refractivity contribution >= 4 is 39.1 Å². The van der Waals surface area contributed by atoms with Gasteiger partial charge in [0.25, 0.3) is 5.56 Å². The number of carboxylic acid groups (broad SMARTS) is 2. The van der Waals surface area contributed by atoms with E-state index in [-0.39, 0.29) is 29.7 Å². The number of pyridine rings is 1. The fourth-order valence-electron chi connectivity index (χ4n) is 4.33. The molecule has 14 heteroatoms. The van der Waals surface area contributed by atoms with Gasteiger partial charge in [-0.1, -0.05) is 54.6 Å². The maximum absolute atomic E-state index is 13.1. The number of rotatable bonds is 10. The SMILES string of the molecule is CC(C)(C)OC(=O)C(=O)Cc1ccc[nH]c1=O.CC1=C(C(=O)O)C(N)C(C(=O)O)(S(=O)(=O)CC=C(CN)c2ccccc2)C=C1.